The molecule has 0 saturated heterocycles. The molecular weight excluding hydrogens is 279 g/mol. The third-order valence-corrected chi connectivity index (χ3v) is 5.05. The molecule has 1 unspecified atom stereocenters. The molecule has 0 aliphatic carbocycles. The molecule has 1 rings (SSSR count). The van der Waals surface area contributed by atoms with Crippen molar-refractivity contribution in [1.29, 1.82) is 0 Å². The molecule has 0 fully saturated rings. The lowest BCUT2D eigenvalue weighted by Crippen LogP contribution is -2.48. The zero-order valence-electron chi connectivity index (χ0n) is 12.6. The van der Waals surface area contributed by atoms with E-state index in [1.807, 2.05) is 20.8 Å². The van der Waals surface area contributed by atoms with Crippen LogP contribution in [0.2, 0.25) is 0 Å². The van der Waals surface area contributed by atoms with Gasteiger partial charge in [-0.05, 0) is 42.5 Å². The Morgan fingerprint density at radius 1 is 1.25 bits per heavy atom. The van der Waals surface area contributed by atoms with Gasteiger partial charge in [-0.15, -0.1) is 0 Å². The van der Waals surface area contributed by atoms with Crippen LogP contribution in [0.1, 0.15) is 31.9 Å². The summed E-state index contributed by atoms with van der Waals surface area (Å²) in [7, 11) is -3.73. The van der Waals surface area contributed by atoms with Crippen LogP contribution in [0.25, 0.3) is 0 Å². The van der Waals surface area contributed by atoms with Crippen molar-refractivity contribution in [3.63, 3.8) is 0 Å². The summed E-state index contributed by atoms with van der Waals surface area (Å²) in [5.74, 6) is -0.440. The van der Waals surface area contributed by atoms with Crippen LogP contribution >= 0.6 is 0 Å². The summed E-state index contributed by atoms with van der Waals surface area (Å²) in [6, 6.07) is 2.04. The zero-order chi connectivity index (χ0) is 15.7. The lowest BCUT2D eigenvalue weighted by molar-refractivity contribution is 0.304. The molecule has 0 bridgehead atoms. The predicted molar refractivity (Wildman–Crippen MR) is 78.5 cm³/mol. The van der Waals surface area contributed by atoms with E-state index in [1.165, 1.54) is 12.1 Å². The Labute approximate surface area is 120 Å². The normalized spacial score (nSPS) is 14.3. The van der Waals surface area contributed by atoms with Gasteiger partial charge in [-0.1, -0.05) is 20.8 Å². The first-order chi connectivity index (χ1) is 8.99. The average Bonchev–Trinajstić information content (AvgIpc) is 2.22. The number of aryl methyl sites for hydroxylation is 2. The van der Waals surface area contributed by atoms with Crippen molar-refractivity contribution in [1.82, 2.24) is 4.72 Å². The topological polar surface area (TPSA) is 72.2 Å². The van der Waals surface area contributed by atoms with E-state index in [4.69, 9.17) is 5.73 Å². The van der Waals surface area contributed by atoms with Gasteiger partial charge in [0.1, 0.15) is 5.82 Å². The Hall–Kier alpha value is -0.980. The van der Waals surface area contributed by atoms with Crippen molar-refractivity contribution >= 4 is 10.0 Å². The minimum atomic E-state index is -3.73. The van der Waals surface area contributed by atoms with Gasteiger partial charge in [0.25, 0.3) is 0 Å². The van der Waals surface area contributed by atoms with E-state index in [2.05, 4.69) is 4.72 Å². The van der Waals surface area contributed by atoms with Gasteiger partial charge in [0.05, 0.1) is 4.90 Å². The van der Waals surface area contributed by atoms with E-state index in [9.17, 15) is 12.8 Å². The third kappa shape index (κ3) is 3.77. The van der Waals surface area contributed by atoms with E-state index in [-0.39, 0.29) is 16.9 Å². The largest absolute Gasteiger partial charge is 0.329 e. The van der Waals surface area contributed by atoms with Gasteiger partial charge in [-0.3, -0.25) is 0 Å². The molecule has 0 spiro atoms. The van der Waals surface area contributed by atoms with Gasteiger partial charge in [-0.25, -0.2) is 17.5 Å². The van der Waals surface area contributed by atoms with Crippen molar-refractivity contribution in [3.05, 3.63) is 29.1 Å². The molecule has 0 aliphatic heterocycles. The second kappa shape index (κ2) is 5.79. The molecule has 0 amide bonds. The van der Waals surface area contributed by atoms with Crippen molar-refractivity contribution in [2.24, 2.45) is 11.1 Å². The maximum atomic E-state index is 13.3. The molecule has 3 N–H and O–H groups in total. The number of halogens is 1. The Balaban J connectivity index is 3.25. The maximum Gasteiger partial charge on any atom is 0.241 e. The average molecular weight is 302 g/mol. The van der Waals surface area contributed by atoms with E-state index in [0.29, 0.717) is 11.1 Å². The summed E-state index contributed by atoms with van der Waals surface area (Å²) in [5, 5.41) is 0. The van der Waals surface area contributed by atoms with Crippen LogP contribution in [-0.4, -0.2) is 21.0 Å². The minimum Gasteiger partial charge on any atom is -0.329 e. The molecule has 0 aromatic heterocycles. The Morgan fingerprint density at radius 3 is 2.05 bits per heavy atom. The lowest BCUT2D eigenvalue weighted by atomic mass is 9.88. The zero-order valence-corrected chi connectivity index (χ0v) is 13.4. The summed E-state index contributed by atoms with van der Waals surface area (Å²) >= 11 is 0. The summed E-state index contributed by atoms with van der Waals surface area (Å²) < 4.78 is 40.9. The molecule has 0 saturated carbocycles. The summed E-state index contributed by atoms with van der Waals surface area (Å²) in [4.78, 5) is 0.126. The fourth-order valence-electron chi connectivity index (χ4n) is 2.15. The molecule has 1 aromatic carbocycles. The van der Waals surface area contributed by atoms with Gasteiger partial charge in [0.2, 0.25) is 10.0 Å². The van der Waals surface area contributed by atoms with E-state index in [0.717, 1.165) is 0 Å². The number of hydrogen-bond acceptors (Lipinski definition) is 3. The van der Waals surface area contributed by atoms with E-state index >= 15 is 0 Å². The second-order valence-electron chi connectivity index (χ2n) is 6.14. The summed E-state index contributed by atoms with van der Waals surface area (Å²) in [5.41, 5.74) is 6.13. The van der Waals surface area contributed by atoms with Gasteiger partial charge in [0.15, 0.2) is 0 Å². The van der Waals surface area contributed by atoms with Crippen LogP contribution in [0.4, 0.5) is 4.39 Å². The molecular formula is C14H23FN2O2S. The number of benzene rings is 1. The van der Waals surface area contributed by atoms with Crippen LogP contribution in [0, 0.1) is 25.1 Å². The first-order valence-corrected chi connectivity index (χ1v) is 7.96. The Kier molecular flexibility index (Phi) is 4.94. The number of nitrogens with one attached hydrogen (secondary N) is 1. The molecule has 0 radical (unpaired) electrons. The van der Waals surface area contributed by atoms with Gasteiger partial charge < -0.3 is 5.73 Å². The SMILES string of the molecule is Cc1cc(F)cc(C)c1S(=O)(=O)NC(CN)C(C)(C)C. The van der Waals surface area contributed by atoms with Crippen molar-refractivity contribution in [3.8, 4) is 0 Å². The minimum absolute atomic E-state index is 0.126. The Morgan fingerprint density at radius 2 is 1.70 bits per heavy atom. The van der Waals surface area contributed by atoms with Gasteiger partial charge in [-0.2, -0.15) is 0 Å². The van der Waals surface area contributed by atoms with Crippen LogP contribution in [0.15, 0.2) is 17.0 Å². The third-order valence-electron chi connectivity index (χ3n) is 3.27. The fourth-order valence-corrected chi connectivity index (χ4v) is 4.05. The molecule has 20 heavy (non-hydrogen) atoms. The number of rotatable bonds is 4. The highest BCUT2D eigenvalue weighted by atomic mass is 32.2. The maximum absolute atomic E-state index is 13.3. The number of nitrogens with two attached hydrogens (primary N) is 1. The monoisotopic (exact) mass is 302 g/mol. The number of hydrogen-bond donors (Lipinski definition) is 2. The van der Waals surface area contributed by atoms with Crippen molar-refractivity contribution in [2.45, 2.75) is 45.6 Å². The highest BCUT2D eigenvalue weighted by Gasteiger charge is 2.30. The molecule has 1 aromatic rings. The molecule has 114 valence electrons. The Bertz CT molecular complexity index is 569. The standard InChI is InChI=1S/C14H23FN2O2S/c1-9-6-11(15)7-10(2)13(9)20(18,19)17-12(8-16)14(3,4)5/h6-7,12,17H,8,16H2,1-5H3. The summed E-state index contributed by atoms with van der Waals surface area (Å²) in [6.45, 7) is 9.10. The van der Waals surface area contributed by atoms with E-state index < -0.39 is 21.9 Å². The van der Waals surface area contributed by atoms with Crippen LogP contribution in [-0.2, 0) is 10.0 Å². The first-order valence-electron chi connectivity index (χ1n) is 6.48. The lowest BCUT2D eigenvalue weighted by Gasteiger charge is -2.30. The summed E-state index contributed by atoms with van der Waals surface area (Å²) in [6.07, 6.45) is 0. The molecule has 0 heterocycles. The first kappa shape index (κ1) is 17.1. The van der Waals surface area contributed by atoms with Gasteiger partial charge >= 0.3 is 0 Å². The molecule has 4 nitrogen and oxygen atoms in total. The predicted octanol–water partition coefficient (Wildman–Crippen LogP) is 2.09. The number of sulfonamides is 1. The molecule has 6 heteroatoms. The second-order valence-corrected chi connectivity index (χ2v) is 7.80. The van der Waals surface area contributed by atoms with Crippen molar-refractivity contribution in [2.75, 3.05) is 6.54 Å². The smallest absolute Gasteiger partial charge is 0.241 e. The van der Waals surface area contributed by atoms with E-state index in [1.54, 1.807) is 13.8 Å². The van der Waals surface area contributed by atoms with Crippen LogP contribution < -0.4 is 10.5 Å². The quantitative estimate of drug-likeness (QED) is 0.894. The molecule has 1 atom stereocenters. The highest BCUT2D eigenvalue weighted by Crippen LogP contribution is 2.24. The van der Waals surface area contributed by atoms with Crippen LogP contribution in [0.5, 0.6) is 0 Å². The fraction of sp³-hybridized carbons (Fsp3) is 0.571. The van der Waals surface area contributed by atoms with Crippen LogP contribution in [0.3, 0.4) is 0 Å². The molecule has 0 aliphatic rings. The van der Waals surface area contributed by atoms with Gasteiger partial charge in [0, 0.05) is 12.6 Å². The van der Waals surface area contributed by atoms with Crippen molar-refractivity contribution < 1.29 is 12.8 Å². The highest BCUT2D eigenvalue weighted by molar-refractivity contribution is 7.89.